The van der Waals surface area contributed by atoms with Crippen molar-refractivity contribution in [2.24, 2.45) is 0 Å². The van der Waals surface area contributed by atoms with Crippen LogP contribution < -0.4 is 0 Å². The summed E-state index contributed by atoms with van der Waals surface area (Å²) in [7, 11) is 1.23. The average Bonchev–Trinajstić information content (AvgIpc) is 2.14. The predicted molar refractivity (Wildman–Crippen MR) is 52.5 cm³/mol. The van der Waals surface area contributed by atoms with Crippen molar-refractivity contribution in [2.45, 2.75) is 0 Å². The molecule has 1 aromatic carbocycles. The van der Waals surface area contributed by atoms with Gasteiger partial charge >= 0.3 is 5.97 Å². The Morgan fingerprint density at radius 2 is 2.14 bits per heavy atom. The number of methoxy groups -OCH3 is 1. The van der Waals surface area contributed by atoms with E-state index in [0.29, 0.717) is 5.56 Å². The molecular formula is C10H8ClFO2. The molecule has 2 nitrogen and oxygen atoms in total. The summed E-state index contributed by atoms with van der Waals surface area (Å²) < 4.78 is 17.3. The fraction of sp³-hybridized carbons (Fsp3) is 0.100. The number of rotatable bonds is 2. The Kier molecular flexibility index (Phi) is 3.25. The lowest BCUT2D eigenvalue weighted by atomic mass is 10.1. The highest BCUT2D eigenvalue weighted by Gasteiger charge is 2.10. The Morgan fingerprint density at radius 1 is 1.50 bits per heavy atom. The third-order valence-electron chi connectivity index (χ3n) is 1.64. The summed E-state index contributed by atoms with van der Waals surface area (Å²) in [5.41, 5.74) is 0.399. The Balaban J connectivity index is 3.07. The molecule has 0 amide bonds. The molecule has 0 aliphatic heterocycles. The average molecular weight is 215 g/mol. The van der Waals surface area contributed by atoms with Crippen molar-refractivity contribution in [1.82, 2.24) is 0 Å². The molecule has 0 atom stereocenters. The van der Waals surface area contributed by atoms with Gasteiger partial charge in [0, 0.05) is 5.02 Å². The van der Waals surface area contributed by atoms with Gasteiger partial charge in [-0.1, -0.05) is 18.2 Å². The molecule has 1 rings (SSSR count). The SMILES string of the molecule is C=C(C(=O)OC)c1cc(F)cc(Cl)c1. The number of ether oxygens (including phenoxy) is 1. The van der Waals surface area contributed by atoms with E-state index in [4.69, 9.17) is 11.6 Å². The molecule has 0 radical (unpaired) electrons. The number of benzene rings is 1. The van der Waals surface area contributed by atoms with Crippen molar-refractivity contribution < 1.29 is 13.9 Å². The highest BCUT2D eigenvalue weighted by molar-refractivity contribution is 6.31. The van der Waals surface area contributed by atoms with E-state index in [1.54, 1.807) is 0 Å². The van der Waals surface area contributed by atoms with Crippen LogP contribution in [-0.2, 0) is 9.53 Å². The molecular weight excluding hydrogens is 207 g/mol. The van der Waals surface area contributed by atoms with Crippen LogP contribution in [0.15, 0.2) is 24.8 Å². The van der Waals surface area contributed by atoms with Gasteiger partial charge in [-0.05, 0) is 23.8 Å². The van der Waals surface area contributed by atoms with Crippen LogP contribution in [-0.4, -0.2) is 13.1 Å². The van der Waals surface area contributed by atoms with Gasteiger partial charge in [0.15, 0.2) is 0 Å². The van der Waals surface area contributed by atoms with Gasteiger partial charge in [0.25, 0.3) is 0 Å². The molecule has 0 saturated heterocycles. The van der Waals surface area contributed by atoms with Gasteiger partial charge in [0.05, 0.1) is 12.7 Å². The van der Waals surface area contributed by atoms with Crippen LogP contribution in [0.5, 0.6) is 0 Å². The zero-order valence-corrected chi connectivity index (χ0v) is 8.27. The molecule has 0 bridgehead atoms. The van der Waals surface area contributed by atoms with Gasteiger partial charge in [0.1, 0.15) is 5.82 Å². The molecule has 1 aromatic rings. The van der Waals surface area contributed by atoms with Crippen molar-refractivity contribution in [3.63, 3.8) is 0 Å². The quantitative estimate of drug-likeness (QED) is 0.559. The van der Waals surface area contributed by atoms with Crippen molar-refractivity contribution in [1.29, 1.82) is 0 Å². The lowest BCUT2D eigenvalue weighted by Gasteiger charge is -2.04. The second kappa shape index (κ2) is 4.24. The van der Waals surface area contributed by atoms with Crippen LogP contribution >= 0.6 is 11.6 Å². The third-order valence-corrected chi connectivity index (χ3v) is 1.86. The summed E-state index contributed by atoms with van der Waals surface area (Å²) in [4.78, 5) is 11.0. The highest BCUT2D eigenvalue weighted by atomic mass is 35.5. The van der Waals surface area contributed by atoms with Gasteiger partial charge in [-0.2, -0.15) is 0 Å². The maximum atomic E-state index is 12.9. The molecule has 0 saturated carbocycles. The second-order valence-corrected chi connectivity index (χ2v) is 3.06. The van der Waals surface area contributed by atoms with Crippen molar-refractivity contribution >= 4 is 23.1 Å². The minimum atomic E-state index is -0.605. The lowest BCUT2D eigenvalue weighted by molar-refractivity contribution is -0.133. The smallest absolute Gasteiger partial charge is 0.337 e. The summed E-state index contributed by atoms with van der Waals surface area (Å²) in [5, 5.41) is 0.213. The largest absolute Gasteiger partial charge is 0.465 e. The number of carbonyl (C=O) groups is 1. The van der Waals surface area contributed by atoms with Crippen LogP contribution in [0.1, 0.15) is 5.56 Å². The van der Waals surface area contributed by atoms with E-state index in [0.717, 1.165) is 6.07 Å². The molecule has 0 unspecified atom stereocenters. The maximum absolute atomic E-state index is 12.9. The first-order chi connectivity index (χ1) is 6.54. The van der Waals surface area contributed by atoms with Crippen molar-refractivity contribution in [3.05, 3.63) is 41.2 Å². The zero-order chi connectivity index (χ0) is 10.7. The first kappa shape index (κ1) is 10.7. The fourth-order valence-electron chi connectivity index (χ4n) is 0.969. The normalized spacial score (nSPS) is 9.64. The van der Waals surface area contributed by atoms with Gasteiger partial charge in [-0.15, -0.1) is 0 Å². The van der Waals surface area contributed by atoms with Gasteiger partial charge in [-0.25, -0.2) is 9.18 Å². The van der Waals surface area contributed by atoms with Crippen molar-refractivity contribution in [3.8, 4) is 0 Å². The third kappa shape index (κ3) is 2.33. The van der Waals surface area contributed by atoms with Gasteiger partial charge in [-0.3, -0.25) is 0 Å². The minimum absolute atomic E-state index is 0.0777. The van der Waals surface area contributed by atoms with Crippen LogP contribution in [0.3, 0.4) is 0 Å². The van der Waals surface area contributed by atoms with Crippen LogP contribution in [0.2, 0.25) is 5.02 Å². The standard InChI is InChI=1S/C10H8ClFO2/c1-6(10(13)14-2)7-3-8(11)5-9(12)4-7/h3-5H,1H2,2H3. The molecule has 4 heteroatoms. The highest BCUT2D eigenvalue weighted by Crippen LogP contribution is 2.20. The van der Waals surface area contributed by atoms with Crippen LogP contribution in [0.25, 0.3) is 5.57 Å². The molecule has 0 aliphatic carbocycles. The van der Waals surface area contributed by atoms with Gasteiger partial charge < -0.3 is 4.74 Å². The van der Waals surface area contributed by atoms with E-state index in [1.807, 2.05) is 0 Å². The Hall–Kier alpha value is -1.35. The van der Waals surface area contributed by atoms with E-state index in [1.165, 1.54) is 19.2 Å². The first-order valence-electron chi connectivity index (χ1n) is 3.78. The summed E-state index contributed by atoms with van der Waals surface area (Å²) in [6, 6.07) is 3.77. The topological polar surface area (TPSA) is 26.3 Å². The number of hydrogen-bond donors (Lipinski definition) is 0. The summed E-state index contributed by atoms with van der Waals surface area (Å²) in [5.74, 6) is -1.12. The maximum Gasteiger partial charge on any atom is 0.337 e. The minimum Gasteiger partial charge on any atom is -0.465 e. The molecule has 74 valence electrons. The molecule has 14 heavy (non-hydrogen) atoms. The van der Waals surface area contributed by atoms with E-state index in [2.05, 4.69) is 11.3 Å². The van der Waals surface area contributed by atoms with Crippen LogP contribution in [0.4, 0.5) is 4.39 Å². The van der Waals surface area contributed by atoms with E-state index >= 15 is 0 Å². The molecule has 0 aromatic heterocycles. The number of hydrogen-bond acceptors (Lipinski definition) is 2. The van der Waals surface area contributed by atoms with E-state index < -0.39 is 11.8 Å². The summed E-state index contributed by atoms with van der Waals surface area (Å²) >= 11 is 5.61. The summed E-state index contributed by atoms with van der Waals surface area (Å²) in [6.07, 6.45) is 0. The number of halogens is 2. The molecule has 0 fully saturated rings. The van der Waals surface area contributed by atoms with Gasteiger partial charge in [0.2, 0.25) is 0 Å². The second-order valence-electron chi connectivity index (χ2n) is 2.63. The molecule has 0 N–H and O–H groups in total. The zero-order valence-electron chi connectivity index (χ0n) is 7.51. The Morgan fingerprint density at radius 3 is 2.64 bits per heavy atom. The summed E-state index contributed by atoms with van der Waals surface area (Å²) in [6.45, 7) is 3.48. The molecule has 0 aliphatic rings. The Labute approximate surface area is 85.9 Å². The monoisotopic (exact) mass is 214 g/mol. The molecule has 0 heterocycles. The Bertz CT molecular complexity index is 367. The fourth-order valence-corrected chi connectivity index (χ4v) is 1.19. The van der Waals surface area contributed by atoms with E-state index in [-0.39, 0.29) is 10.6 Å². The van der Waals surface area contributed by atoms with E-state index in [9.17, 15) is 9.18 Å². The number of esters is 1. The lowest BCUT2D eigenvalue weighted by Crippen LogP contribution is -2.02. The number of carbonyl (C=O) groups excluding carboxylic acids is 1. The first-order valence-corrected chi connectivity index (χ1v) is 4.16. The predicted octanol–water partition coefficient (Wildman–Crippen LogP) is 2.67. The van der Waals surface area contributed by atoms with Crippen molar-refractivity contribution in [2.75, 3.05) is 7.11 Å². The molecule has 0 spiro atoms. The van der Waals surface area contributed by atoms with Crippen LogP contribution in [0, 0.1) is 5.82 Å².